The van der Waals surface area contributed by atoms with Gasteiger partial charge in [-0.2, -0.15) is 0 Å². The minimum absolute atomic E-state index is 0.0336. The van der Waals surface area contributed by atoms with Crippen molar-refractivity contribution in [3.63, 3.8) is 0 Å². The molecule has 10 heteroatoms. The molecule has 1 aromatic rings. The number of likely N-dealkylation sites (N-methyl/N-ethyl adjacent to an activating group) is 1. The predicted molar refractivity (Wildman–Crippen MR) is 120 cm³/mol. The van der Waals surface area contributed by atoms with Gasteiger partial charge in [0.25, 0.3) is 5.91 Å². The van der Waals surface area contributed by atoms with Crippen molar-refractivity contribution in [1.82, 2.24) is 9.80 Å². The van der Waals surface area contributed by atoms with E-state index in [2.05, 4.69) is 0 Å². The van der Waals surface area contributed by atoms with E-state index < -0.39 is 69.9 Å². The molecule has 0 radical (unpaired) electrons. The largest absolute Gasteiger partial charge is 0.511 e. The fraction of sp³-hybridized carbons (Fsp3) is 0.458. The number of ketones is 2. The Morgan fingerprint density at radius 1 is 1.15 bits per heavy atom. The zero-order chi connectivity index (χ0) is 25.2. The number of halogens is 1. The second kappa shape index (κ2) is 8.21. The zero-order valence-electron chi connectivity index (χ0n) is 19.4. The molecule has 0 fully saturated rings. The van der Waals surface area contributed by atoms with Crippen molar-refractivity contribution in [3.8, 4) is 5.75 Å². The summed E-state index contributed by atoms with van der Waals surface area (Å²) in [6.07, 6.45) is 0.212. The van der Waals surface area contributed by atoms with Gasteiger partial charge in [-0.05, 0) is 58.9 Å². The van der Waals surface area contributed by atoms with Crippen LogP contribution in [-0.4, -0.2) is 76.8 Å². The molecule has 1 aromatic carbocycles. The lowest BCUT2D eigenvalue weighted by Gasteiger charge is -2.46. The standard InChI is InChI=1S/C24H28FN3O6/c1-27(2)8-10-7-13(29)15-11(18(10)25)5-9-6-12-16(21(31)14(9)20(15)30)22(32)17(24(26)34)23(33)19(12)28(3)4/h7,9,12,16,19,29,31,33H,5-6,8H2,1-4H3,(H2,26,34)/t9-,12+,16?,19-/m0/s1. The first-order chi connectivity index (χ1) is 15.9. The molecule has 4 rings (SSSR count). The third-order valence-electron chi connectivity index (χ3n) is 7.06. The number of nitrogens with two attached hydrogens (primary N) is 1. The van der Waals surface area contributed by atoms with Gasteiger partial charge in [0.15, 0.2) is 11.6 Å². The number of primary amides is 1. The highest BCUT2D eigenvalue weighted by atomic mass is 19.1. The van der Waals surface area contributed by atoms with E-state index in [4.69, 9.17) is 5.73 Å². The summed E-state index contributed by atoms with van der Waals surface area (Å²) >= 11 is 0. The molecule has 0 aromatic heterocycles. The van der Waals surface area contributed by atoms with Crippen molar-refractivity contribution in [2.45, 2.75) is 25.4 Å². The molecular weight excluding hydrogens is 445 g/mol. The number of carbonyl (C=O) groups excluding carboxylic acids is 3. The van der Waals surface area contributed by atoms with Crippen LogP contribution in [0.1, 0.15) is 27.9 Å². The summed E-state index contributed by atoms with van der Waals surface area (Å²) in [4.78, 5) is 41.8. The number of nitrogens with zero attached hydrogens (tertiary/aromatic N) is 2. The van der Waals surface area contributed by atoms with Gasteiger partial charge in [-0.15, -0.1) is 0 Å². The Kier molecular flexibility index (Phi) is 5.77. The molecule has 0 aliphatic heterocycles. The monoisotopic (exact) mass is 473 g/mol. The van der Waals surface area contributed by atoms with Crippen molar-refractivity contribution >= 4 is 17.5 Å². The van der Waals surface area contributed by atoms with E-state index in [1.165, 1.54) is 6.07 Å². The van der Waals surface area contributed by atoms with Gasteiger partial charge in [-0.25, -0.2) is 4.39 Å². The molecule has 0 spiro atoms. The number of allylic oxidation sites excluding steroid dienone is 2. The van der Waals surface area contributed by atoms with Crippen molar-refractivity contribution in [1.29, 1.82) is 0 Å². The minimum atomic E-state index is -1.26. The average molecular weight is 474 g/mol. The Labute approximate surface area is 195 Å². The molecule has 0 bridgehead atoms. The number of benzene rings is 1. The van der Waals surface area contributed by atoms with Crippen molar-refractivity contribution in [2.75, 3.05) is 28.2 Å². The lowest BCUT2D eigenvalue weighted by molar-refractivity contribution is -0.127. The quantitative estimate of drug-likeness (QED) is 0.478. The number of Topliss-reactive ketones (excluding diaryl/α,β-unsaturated/α-hetero) is 2. The third kappa shape index (κ3) is 3.40. The van der Waals surface area contributed by atoms with E-state index in [0.717, 1.165) is 0 Å². The van der Waals surface area contributed by atoms with Crippen LogP contribution in [0.2, 0.25) is 0 Å². The van der Waals surface area contributed by atoms with E-state index in [9.17, 15) is 29.7 Å². The van der Waals surface area contributed by atoms with Gasteiger partial charge in [0.2, 0.25) is 0 Å². The van der Waals surface area contributed by atoms with Gasteiger partial charge in [-0.1, -0.05) is 0 Å². The summed E-state index contributed by atoms with van der Waals surface area (Å²) in [5.74, 6) is -7.26. The van der Waals surface area contributed by atoms with Crippen LogP contribution < -0.4 is 5.73 Å². The van der Waals surface area contributed by atoms with Crippen LogP contribution >= 0.6 is 0 Å². The van der Waals surface area contributed by atoms with Gasteiger partial charge in [0.1, 0.15) is 28.7 Å². The Balaban J connectivity index is 1.88. The Hall–Kier alpha value is -3.24. The van der Waals surface area contributed by atoms with Crippen molar-refractivity contribution in [3.05, 3.63) is 51.2 Å². The number of aliphatic hydroxyl groups excluding tert-OH is 2. The number of carbonyl (C=O) groups is 3. The summed E-state index contributed by atoms with van der Waals surface area (Å²) in [6, 6.07) is 0.388. The van der Waals surface area contributed by atoms with E-state index in [1.54, 1.807) is 38.0 Å². The first-order valence-corrected chi connectivity index (χ1v) is 11.0. The van der Waals surface area contributed by atoms with E-state index >= 15 is 4.39 Å². The molecule has 3 aliphatic carbocycles. The number of hydrogen-bond acceptors (Lipinski definition) is 8. The summed E-state index contributed by atoms with van der Waals surface area (Å²) in [5.41, 5.74) is 4.76. The van der Waals surface area contributed by atoms with Crippen molar-refractivity contribution in [2.24, 2.45) is 23.5 Å². The fourth-order valence-corrected chi connectivity index (χ4v) is 5.83. The number of rotatable bonds is 4. The summed E-state index contributed by atoms with van der Waals surface area (Å²) < 4.78 is 15.4. The molecule has 9 nitrogen and oxygen atoms in total. The van der Waals surface area contributed by atoms with Gasteiger partial charge < -0.3 is 26.0 Å². The maximum Gasteiger partial charge on any atom is 0.255 e. The molecule has 0 saturated carbocycles. The summed E-state index contributed by atoms with van der Waals surface area (Å²) in [6.45, 7) is 0.218. The van der Waals surface area contributed by atoms with Crippen LogP contribution in [0.3, 0.4) is 0 Å². The van der Waals surface area contributed by atoms with Crippen LogP contribution in [0, 0.1) is 23.6 Å². The number of phenolic OH excluding ortho intramolecular Hbond substituents is 1. The summed E-state index contributed by atoms with van der Waals surface area (Å²) in [7, 11) is 6.80. The highest BCUT2D eigenvalue weighted by Gasteiger charge is 2.54. The van der Waals surface area contributed by atoms with E-state index in [-0.39, 0.29) is 41.6 Å². The minimum Gasteiger partial charge on any atom is -0.511 e. The normalized spacial score (nSPS) is 26.7. The second-order valence-electron chi connectivity index (χ2n) is 9.76. The molecule has 182 valence electrons. The summed E-state index contributed by atoms with van der Waals surface area (Å²) in [5, 5.41) is 32.5. The molecule has 4 atom stereocenters. The highest BCUT2D eigenvalue weighted by Crippen LogP contribution is 2.50. The number of fused-ring (bicyclic) bond motifs is 3. The Morgan fingerprint density at radius 2 is 1.79 bits per heavy atom. The van der Waals surface area contributed by atoms with E-state index in [0.29, 0.717) is 0 Å². The average Bonchev–Trinajstić information content (AvgIpc) is 2.70. The SMILES string of the molecule is CN(C)Cc1cc(O)c2c(c1F)C[C@H]1C[C@@H]3C(C(=O)C(C(N)=O)=C(O)[C@H]3N(C)C)C(O)=C1C2=O. The molecule has 3 aliphatic rings. The molecule has 0 heterocycles. The molecule has 1 unspecified atom stereocenters. The fourth-order valence-electron chi connectivity index (χ4n) is 5.83. The van der Waals surface area contributed by atoms with Gasteiger partial charge in [-0.3, -0.25) is 19.3 Å². The van der Waals surface area contributed by atoms with E-state index in [1.807, 2.05) is 0 Å². The van der Waals surface area contributed by atoms with Crippen LogP contribution in [-0.2, 0) is 22.6 Å². The molecule has 1 amide bonds. The lowest BCUT2D eigenvalue weighted by Crippen LogP contribution is -2.53. The Bertz CT molecular complexity index is 1190. The number of phenols is 1. The maximum absolute atomic E-state index is 15.4. The molecule has 5 N–H and O–H groups in total. The Morgan fingerprint density at radius 3 is 2.35 bits per heavy atom. The first-order valence-electron chi connectivity index (χ1n) is 11.0. The first kappa shape index (κ1) is 23.9. The van der Waals surface area contributed by atoms with Crippen LogP contribution in [0.15, 0.2) is 28.7 Å². The van der Waals surface area contributed by atoms with Gasteiger partial charge in [0, 0.05) is 23.2 Å². The topological polar surface area (TPSA) is 144 Å². The van der Waals surface area contributed by atoms with Gasteiger partial charge >= 0.3 is 0 Å². The number of amides is 1. The molecule has 0 saturated heterocycles. The zero-order valence-corrected chi connectivity index (χ0v) is 19.4. The van der Waals surface area contributed by atoms with Crippen LogP contribution in [0.25, 0.3) is 0 Å². The number of hydrogen-bond donors (Lipinski definition) is 4. The molecule has 34 heavy (non-hydrogen) atoms. The van der Waals surface area contributed by atoms with Gasteiger partial charge in [0.05, 0.1) is 17.5 Å². The van der Waals surface area contributed by atoms with Crippen molar-refractivity contribution < 1.29 is 34.1 Å². The predicted octanol–water partition coefficient (Wildman–Crippen LogP) is 1.21. The van der Waals surface area contributed by atoms with Crippen LogP contribution in [0.5, 0.6) is 5.75 Å². The lowest BCUT2D eigenvalue weighted by atomic mass is 9.61. The number of aliphatic hydroxyl groups is 2. The second-order valence-corrected chi connectivity index (χ2v) is 9.76. The highest BCUT2D eigenvalue weighted by molar-refractivity contribution is 6.22. The maximum atomic E-state index is 15.4. The third-order valence-corrected chi connectivity index (χ3v) is 7.06. The van der Waals surface area contributed by atoms with Crippen LogP contribution in [0.4, 0.5) is 4.39 Å². The molecular formula is C24H28FN3O6. The number of aromatic hydroxyl groups is 1. The smallest absolute Gasteiger partial charge is 0.255 e.